The first-order chi connectivity index (χ1) is 8.15. The van der Waals surface area contributed by atoms with Gasteiger partial charge in [-0.1, -0.05) is 28.9 Å². The fourth-order valence-electron chi connectivity index (χ4n) is 1.83. The zero-order valence-electron chi connectivity index (χ0n) is 9.68. The zero-order chi connectivity index (χ0) is 12.4. The molecule has 1 aromatic heterocycles. The molecular formula is C11H14ClN5. The molecule has 0 saturated heterocycles. The van der Waals surface area contributed by atoms with Gasteiger partial charge >= 0.3 is 0 Å². The summed E-state index contributed by atoms with van der Waals surface area (Å²) < 4.78 is 1.69. The molecule has 6 heteroatoms. The van der Waals surface area contributed by atoms with Crippen molar-refractivity contribution in [2.45, 2.75) is 13.0 Å². The maximum Gasteiger partial charge on any atom is 0.0897 e. The van der Waals surface area contributed by atoms with Crippen LogP contribution in [0.2, 0.25) is 5.02 Å². The van der Waals surface area contributed by atoms with Crippen LogP contribution in [0.15, 0.2) is 24.4 Å². The van der Waals surface area contributed by atoms with Crippen LogP contribution < -0.4 is 11.3 Å². The molecule has 5 nitrogen and oxygen atoms in total. The molecule has 3 N–H and O–H groups in total. The van der Waals surface area contributed by atoms with Crippen LogP contribution in [-0.4, -0.2) is 15.0 Å². The fourth-order valence-corrected chi connectivity index (χ4v) is 2.01. The Morgan fingerprint density at radius 1 is 1.47 bits per heavy atom. The highest BCUT2D eigenvalue weighted by atomic mass is 35.5. The number of hydrazine groups is 1. The van der Waals surface area contributed by atoms with Crippen molar-refractivity contribution in [3.8, 4) is 0 Å². The minimum absolute atomic E-state index is 0.173. The molecular weight excluding hydrogens is 238 g/mol. The molecule has 0 fully saturated rings. The number of hydrogen-bond donors (Lipinski definition) is 2. The summed E-state index contributed by atoms with van der Waals surface area (Å²) >= 11 is 6.11. The zero-order valence-corrected chi connectivity index (χ0v) is 10.4. The Labute approximate surface area is 105 Å². The van der Waals surface area contributed by atoms with Gasteiger partial charge in [-0.3, -0.25) is 10.5 Å². The Morgan fingerprint density at radius 2 is 2.24 bits per heavy atom. The van der Waals surface area contributed by atoms with Crippen LogP contribution in [0.3, 0.4) is 0 Å². The van der Waals surface area contributed by atoms with E-state index in [1.54, 1.807) is 10.9 Å². The summed E-state index contributed by atoms with van der Waals surface area (Å²) in [6, 6.07) is 5.57. The van der Waals surface area contributed by atoms with Crippen molar-refractivity contribution in [1.82, 2.24) is 20.4 Å². The van der Waals surface area contributed by atoms with Crippen molar-refractivity contribution in [3.05, 3.63) is 46.2 Å². The van der Waals surface area contributed by atoms with E-state index in [-0.39, 0.29) is 6.04 Å². The summed E-state index contributed by atoms with van der Waals surface area (Å²) in [6.45, 7) is 1.96. The highest BCUT2D eigenvalue weighted by Gasteiger charge is 2.19. The summed E-state index contributed by atoms with van der Waals surface area (Å²) in [7, 11) is 1.83. The number of benzene rings is 1. The van der Waals surface area contributed by atoms with Gasteiger partial charge in [0.25, 0.3) is 0 Å². The van der Waals surface area contributed by atoms with Gasteiger partial charge in [0.05, 0.1) is 17.9 Å². The van der Waals surface area contributed by atoms with Gasteiger partial charge < -0.3 is 0 Å². The van der Waals surface area contributed by atoms with Crippen molar-refractivity contribution in [1.29, 1.82) is 0 Å². The average Bonchev–Trinajstić information content (AvgIpc) is 2.72. The highest BCUT2D eigenvalue weighted by Crippen LogP contribution is 2.27. The summed E-state index contributed by atoms with van der Waals surface area (Å²) in [5.74, 6) is 5.62. The Morgan fingerprint density at radius 3 is 2.82 bits per heavy atom. The second-order valence-electron chi connectivity index (χ2n) is 3.84. The maximum absolute atomic E-state index is 6.11. The average molecular weight is 252 g/mol. The smallest absolute Gasteiger partial charge is 0.0897 e. The molecule has 1 atom stereocenters. The van der Waals surface area contributed by atoms with Gasteiger partial charge in [-0.15, -0.1) is 5.10 Å². The number of nitrogens with zero attached hydrogens (tertiary/aromatic N) is 3. The van der Waals surface area contributed by atoms with Gasteiger partial charge in [0.2, 0.25) is 0 Å². The van der Waals surface area contributed by atoms with E-state index < -0.39 is 0 Å². The van der Waals surface area contributed by atoms with E-state index in [2.05, 4.69) is 15.7 Å². The lowest BCUT2D eigenvalue weighted by Crippen LogP contribution is -2.30. The lowest BCUT2D eigenvalue weighted by atomic mass is 9.99. The van der Waals surface area contributed by atoms with E-state index in [4.69, 9.17) is 17.4 Å². The number of nitrogens with two attached hydrogens (primary N) is 1. The van der Waals surface area contributed by atoms with Crippen LogP contribution in [0.5, 0.6) is 0 Å². The molecule has 0 bridgehead atoms. The lowest BCUT2D eigenvalue weighted by molar-refractivity contribution is 0.568. The minimum Gasteiger partial charge on any atom is -0.271 e. The molecule has 0 aliphatic rings. The van der Waals surface area contributed by atoms with E-state index in [1.165, 1.54) is 0 Å². The van der Waals surface area contributed by atoms with Crippen LogP contribution in [0.1, 0.15) is 22.9 Å². The predicted molar refractivity (Wildman–Crippen MR) is 66.4 cm³/mol. The molecule has 2 rings (SSSR count). The topological polar surface area (TPSA) is 68.8 Å². The molecule has 90 valence electrons. The number of nitrogens with one attached hydrogen (secondary N) is 1. The van der Waals surface area contributed by atoms with Gasteiger partial charge in [-0.2, -0.15) is 0 Å². The standard InChI is InChI=1S/C11H14ClN5/c1-7-8(4-3-5-9(7)12)11(15-13)10-6-14-16-17(10)2/h3-6,11,15H,13H2,1-2H3. The Balaban J connectivity index is 2.50. The highest BCUT2D eigenvalue weighted by molar-refractivity contribution is 6.31. The Hall–Kier alpha value is -1.43. The lowest BCUT2D eigenvalue weighted by Gasteiger charge is -2.18. The summed E-state index contributed by atoms with van der Waals surface area (Å²) in [6.07, 6.45) is 1.69. The van der Waals surface area contributed by atoms with Crippen molar-refractivity contribution >= 4 is 11.6 Å². The monoisotopic (exact) mass is 251 g/mol. The molecule has 17 heavy (non-hydrogen) atoms. The van der Waals surface area contributed by atoms with E-state index in [1.807, 2.05) is 32.2 Å². The van der Waals surface area contributed by atoms with Crippen LogP contribution in [0.25, 0.3) is 0 Å². The van der Waals surface area contributed by atoms with E-state index in [0.717, 1.165) is 21.8 Å². The van der Waals surface area contributed by atoms with E-state index >= 15 is 0 Å². The van der Waals surface area contributed by atoms with Crippen molar-refractivity contribution < 1.29 is 0 Å². The number of halogens is 1. The first-order valence-corrected chi connectivity index (χ1v) is 5.58. The molecule has 1 unspecified atom stereocenters. The first kappa shape index (κ1) is 12.0. The molecule has 0 aliphatic carbocycles. The molecule has 2 aromatic rings. The Bertz CT molecular complexity index is 522. The predicted octanol–water partition coefficient (Wildman–Crippen LogP) is 1.33. The molecule has 0 saturated carbocycles. The largest absolute Gasteiger partial charge is 0.271 e. The summed E-state index contributed by atoms with van der Waals surface area (Å²) in [5.41, 5.74) is 5.67. The third kappa shape index (κ3) is 2.17. The normalized spacial score (nSPS) is 12.7. The fraction of sp³-hybridized carbons (Fsp3) is 0.273. The van der Waals surface area contributed by atoms with Gasteiger partial charge in [0, 0.05) is 12.1 Å². The molecule has 0 spiro atoms. The van der Waals surface area contributed by atoms with E-state index in [0.29, 0.717) is 0 Å². The molecule has 0 amide bonds. The molecule has 1 aromatic carbocycles. The number of aromatic nitrogens is 3. The number of hydrogen-bond acceptors (Lipinski definition) is 4. The second-order valence-corrected chi connectivity index (χ2v) is 4.24. The summed E-state index contributed by atoms with van der Waals surface area (Å²) in [5, 5.41) is 8.47. The summed E-state index contributed by atoms with van der Waals surface area (Å²) in [4.78, 5) is 0. The Kier molecular flexibility index (Phi) is 3.42. The number of rotatable bonds is 3. The van der Waals surface area contributed by atoms with Crippen molar-refractivity contribution in [2.24, 2.45) is 12.9 Å². The first-order valence-electron chi connectivity index (χ1n) is 5.21. The molecule has 1 heterocycles. The minimum atomic E-state index is -0.173. The molecule has 0 radical (unpaired) electrons. The quantitative estimate of drug-likeness (QED) is 0.638. The van der Waals surface area contributed by atoms with Gasteiger partial charge in [-0.25, -0.2) is 5.43 Å². The third-order valence-corrected chi connectivity index (χ3v) is 3.24. The van der Waals surface area contributed by atoms with Crippen molar-refractivity contribution in [2.75, 3.05) is 0 Å². The van der Waals surface area contributed by atoms with Crippen LogP contribution in [0.4, 0.5) is 0 Å². The maximum atomic E-state index is 6.11. The van der Waals surface area contributed by atoms with Crippen LogP contribution >= 0.6 is 11.6 Å². The SMILES string of the molecule is Cc1c(Cl)cccc1C(NN)c1cnnn1C. The van der Waals surface area contributed by atoms with Crippen LogP contribution in [-0.2, 0) is 7.05 Å². The van der Waals surface area contributed by atoms with Gasteiger partial charge in [-0.05, 0) is 24.1 Å². The molecule has 0 aliphatic heterocycles. The van der Waals surface area contributed by atoms with Crippen molar-refractivity contribution in [3.63, 3.8) is 0 Å². The van der Waals surface area contributed by atoms with Gasteiger partial charge in [0.1, 0.15) is 0 Å². The third-order valence-electron chi connectivity index (χ3n) is 2.83. The van der Waals surface area contributed by atoms with Gasteiger partial charge in [0.15, 0.2) is 0 Å². The number of aryl methyl sites for hydroxylation is 1. The second kappa shape index (κ2) is 4.83. The van der Waals surface area contributed by atoms with E-state index in [9.17, 15) is 0 Å². The van der Waals surface area contributed by atoms with Crippen LogP contribution in [0, 0.1) is 6.92 Å².